The maximum absolute atomic E-state index is 12.0. The van der Waals surface area contributed by atoms with Gasteiger partial charge in [0.25, 0.3) is 0 Å². The van der Waals surface area contributed by atoms with Crippen molar-refractivity contribution in [2.45, 2.75) is 19.8 Å². The third kappa shape index (κ3) is 3.93. The SMILES string of the molecule is Cc1cccc(CC(=O)NCCc2c[nH]c3cc(Cl)ccc23)c1. The molecule has 3 nitrogen and oxygen atoms in total. The van der Waals surface area contributed by atoms with E-state index >= 15 is 0 Å². The van der Waals surface area contributed by atoms with E-state index in [0.29, 0.717) is 13.0 Å². The van der Waals surface area contributed by atoms with Crippen LogP contribution < -0.4 is 5.32 Å². The summed E-state index contributed by atoms with van der Waals surface area (Å²) in [5.74, 6) is 0.0542. The van der Waals surface area contributed by atoms with Crippen LogP contribution in [0.2, 0.25) is 5.02 Å². The van der Waals surface area contributed by atoms with E-state index in [1.54, 1.807) is 0 Å². The molecule has 1 aromatic heterocycles. The molecule has 0 radical (unpaired) electrons. The molecule has 0 spiro atoms. The van der Waals surface area contributed by atoms with E-state index < -0.39 is 0 Å². The van der Waals surface area contributed by atoms with Crippen molar-refractivity contribution in [1.82, 2.24) is 10.3 Å². The molecule has 0 aliphatic heterocycles. The quantitative estimate of drug-likeness (QED) is 0.730. The summed E-state index contributed by atoms with van der Waals surface area (Å²) < 4.78 is 0. The third-order valence-corrected chi connectivity index (χ3v) is 4.13. The van der Waals surface area contributed by atoms with E-state index in [1.807, 2.05) is 55.6 Å². The molecule has 0 saturated carbocycles. The topological polar surface area (TPSA) is 44.9 Å². The number of benzene rings is 2. The Morgan fingerprint density at radius 1 is 1.22 bits per heavy atom. The van der Waals surface area contributed by atoms with Crippen molar-refractivity contribution in [2.24, 2.45) is 0 Å². The summed E-state index contributed by atoms with van der Waals surface area (Å²) in [6, 6.07) is 13.9. The monoisotopic (exact) mass is 326 g/mol. The molecule has 0 unspecified atom stereocenters. The molecule has 4 heteroatoms. The predicted octanol–water partition coefficient (Wildman–Crippen LogP) is 4.03. The molecule has 0 aliphatic rings. The minimum Gasteiger partial charge on any atom is -0.361 e. The first-order valence-electron chi connectivity index (χ1n) is 7.69. The van der Waals surface area contributed by atoms with Crippen molar-refractivity contribution in [1.29, 1.82) is 0 Å². The minimum atomic E-state index is 0.0542. The fourth-order valence-corrected chi connectivity index (χ4v) is 2.94. The number of rotatable bonds is 5. The van der Waals surface area contributed by atoms with Crippen molar-refractivity contribution in [3.8, 4) is 0 Å². The first-order chi connectivity index (χ1) is 11.1. The number of H-pyrrole nitrogens is 1. The van der Waals surface area contributed by atoms with E-state index in [4.69, 9.17) is 11.6 Å². The van der Waals surface area contributed by atoms with Gasteiger partial charge in [-0.15, -0.1) is 0 Å². The fraction of sp³-hybridized carbons (Fsp3) is 0.211. The Kier molecular flexibility index (Phi) is 4.68. The van der Waals surface area contributed by atoms with Crippen molar-refractivity contribution in [2.75, 3.05) is 6.54 Å². The van der Waals surface area contributed by atoms with Gasteiger partial charge in [0.05, 0.1) is 6.42 Å². The van der Waals surface area contributed by atoms with E-state index in [9.17, 15) is 4.79 Å². The van der Waals surface area contributed by atoms with Gasteiger partial charge in [0.2, 0.25) is 5.91 Å². The number of hydrogen-bond donors (Lipinski definition) is 2. The molecule has 23 heavy (non-hydrogen) atoms. The van der Waals surface area contributed by atoms with Gasteiger partial charge in [0.15, 0.2) is 0 Å². The second kappa shape index (κ2) is 6.88. The summed E-state index contributed by atoms with van der Waals surface area (Å²) in [5.41, 5.74) is 4.43. The van der Waals surface area contributed by atoms with Crippen molar-refractivity contribution in [3.63, 3.8) is 0 Å². The number of aromatic nitrogens is 1. The van der Waals surface area contributed by atoms with Crippen LogP contribution in [0, 0.1) is 6.92 Å². The molecule has 0 aliphatic carbocycles. The zero-order valence-corrected chi connectivity index (χ0v) is 13.8. The zero-order valence-electron chi connectivity index (χ0n) is 13.0. The standard InChI is InChI=1S/C19H19ClN2O/c1-13-3-2-4-14(9-13)10-19(23)21-8-7-15-12-22-18-11-16(20)5-6-17(15)18/h2-6,9,11-12,22H,7-8,10H2,1H3,(H,21,23). The molecule has 1 amide bonds. The van der Waals surface area contributed by atoms with Gasteiger partial charge in [0.1, 0.15) is 0 Å². The van der Waals surface area contributed by atoms with Crippen LogP contribution in [-0.4, -0.2) is 17.4 Å². The highest BCUT2D eigenvalue weighted by atomic mass is 35.5. The molecule has 0 saturated heterocycles. The van der Waals surface area contributed by atoms with Crippen LogP contribution in [0.4, 0.5) is 0 Å². The highest BCUT2D eigenvalue weighted by molar-refractivity contribution is 6.31. The van der Waals surface area contributed by atoms with Crippen LogP contribution in [0.3, 0.4) is 0 Å². The highest BCUT2D eigenvalue weighted by Gasteiger charge is 2.06. The van der Waals surface area contributed by atoms with Crippen LogP contribution in [0.25, 0.3) is 10.9 Å². The number of carbonyl (C=O) groups is 1. The maximum atomic E-state index is 12.0. The first kappa shape index (κ1) is 15.6. The Morgan fingerprint density at radius 3 is 2.91 bits per heavy atom. The lowest BCUT2D eigenvalue weighted by molar-refractivity contribution is -0.120. The van der Waals surface area contributed by atoms with Crippen LogP contribution in [-0.2, 0) is 17.6 Å². The normalized spacial score (nSPS) is 10.9. The number of aryl methyl sites for hydroxylation is 1. The van der Waals surface area contributed by atoms with Gasteiger partial charge in [-0.25, -0.2) is 0 Å². The summed E-state index contributed by atoms with van der Waals surface area (Å²) >= 11 is 5.98. The molecule has 2 aromatic carbocycles. The predicted molar refractivity (Wildman–Crippen MR) is 94.9 cm³/mol. The first-order valence-corrected chi connectivity index (χ1v) is 8.07. The Hall–Kier alpha value is -2.26. The number of amides is 1. The molecule has 2 N–H and O–H groups in total. The molecule has 3 rings (SSSR count). The summed E-state index contributed by atoms with van der Waals surface area (Å²) in [6.07, 6.45) is 3.19. The Bertz CT molecular complexity index is 838. The van der Waals surface area contributed by atoms with Crippen molar-refractivity contribution < 1.29 is 4.79 Å². The van der Waals surface area contributed by atoms with Gasteiger partial charge in [-0.2, -0.15) is 0 Å². The molecule has 0 atom stereocenters. The summed E-state index contributed by atoms with van der Waals surface area (Å²) in [4.78, 5) is 15.2. The lowest BCUT2D eigenvalue weighted by atomic mass is 10.1. The van der Waals surface area contributed by atoms with Gasteiger partial charge >= 0.3 is 0 Å². The second-order valence-electron chi connectivity index (χ2n) is 5.77. The highest BCUT2D eigenvalue weighted by Crippen LogP contribution is 2.22. The van der Waals surface area contributed by atoms with Gasteiger partial charge < -0.3 is 10.3 Å². The van der Waals surface area contributed by atoms with E-state index in [0.717, 1.165) is 27.9 Å². The zero-order chi connectivity index (χ0) is 16.2. The summed E-state index contributed by atoms with van der Waals surface area (Å²) in [5, 5.41) is 4.86. The molecule has 0 bridgehead atoms. The van der Waals surface area contributed by atoms with Crippen molar-refractivity contribution in [3.05, 3.63) is 70.4 Å². The number of carbonyl (C=O) groups excluding carboxylic acids is 1. The van der Waals surface area contributed by atoms with E-state index in [-0.39, 0.29) is 5.91 Å². The number of hydrogen-bond acceptors (Lipinski definition) is 1. The fourth-order valence-electron chi connectivity index (χ4n) is 2.77. The molecular weight excluding hydrogens is 308 g/mol. The molecule has 0 fully saturated rings. The number of aromatic amines is 1. The lowest BCUT2D eigenvalue weighted by Gasteiger charge is -2.06. The molecular formula is C19H19ClN2O. The summed E-state index contributed by atoms with van der Waals surface area (Å²) in [7, 11) is 0. The van der Waals surface area contributed by atoms with Gasteiger partial charge in [0, 0.05) is 28.7 Å². The maximum Gasteiger partial charge on any atom is 0.224 e. The van der Waals surface area contributed by atoms with Crippen LogP contribution in [0.5, 0.6) is 0 Å². The van der Waals surface area contributed by atoms with Crippen molar-refractivity contribution >= 4 is 28.4 Å². The summed E-state index contributed by atoms with van der Waals surface area (Å²) in [6.45, 7) is 2.66. The second-order valence-corrected chi connectivity index (χ2v) is 6.21. The molecule has 1 heterocycles. The van der Waals surface area contributed by atoms with E-state index in [2.05, 4.69) is 10.3 Å². The van der Waals surface area contributed by atoms with Crippen LogP contribution >= 0.6 is 11.6 Å². The number of nitrogens with one attached hydrogen (secondary N) is 2. The van der Waals surface area contributed by atoms with Crippen LogP contribution in [0.15, 0.2) is 48.7 Å². The van der Waals surface area contributed by atoms with Crippen LogP contribution in [0.1, 0.15) is 16.7 Å². The lowest BCUT2D eigenvalue weighted by Crippen LogP contribution is -2.27. The number of fused-ring (bicyclic) bond motifs is 1. The average molecular weight is 327 g/mol. The Morgan fingerprint density at radius 2 is 2.09 bits per heavy atom. The molecule has 118 valence electrons. The van der Waals surface area contributed by atoms with E-state index in [1.165, 1.54) is 11.1 Å². The smallest absolute Gasteiger partial charge is 0.224 e. The average Bonchev–Trinajstić information content (AvgIpc) is 2.89. The largest absolute Gasteiger partial charge is 0.361 e. The number of halogens is 1. The van der Waals surface area contributed by atoms with Gasteiger partial charge in [-0.3, -0.25) is 4.79 Å². The van der Waals surface area contributed by atoms with Gasteiger partial charge in [-0.1, -0.05) is 47.5 Å². The Balaban J connectivity index is 1.55. The van der Waals surface area contributed by atoms with Gasteiger partial charge in [-0.05, 0) is 36.6 Å². The minimum absolute atomic E-state index is 0.0542. The Labute approximate surface area is 140 Å². The molecule has 3 aromatic rings. The third-order valence-electron chi connectivity index (χ3n) is 3.89.